The Hall–Kier alpha value is -2.91. The molecule has 3 aromatic rings. The summed E-state index contributed by atoms with van der Waals surface area (Å²) in [6.07, 6.45) is 0. The average Bonchev–Trinajstić information content (AvgIpc) is 3.00. The third kappa shape index (κ3) is 3.46. The fourth-order valence-corrected chi connectivity index (χ4v) is 3.44. The molecular formula is C18H24ClN8O+. The average molecular weight is 404 g/mol. The van der Waals surface area contributed by atoms with Crippen LogP contribution in [-0.4, -0.2) is 20.4 Å². The number of benzene rings is 1. The zero-order valence-corrected chi connectivity index (χ0v) is 16.6. The summed E-state index contributed by atoms with van der Waals surface area (Å²) in [7, 11) is 0. The minimum atomic E-state index is -0.467. The Morgan fingerprint density at radius 1 is 1.25 bits per heavy atom. The van der Waals surface area contributed by atoms with Crippen molar-refractivity contribution in [2.75, 3.05) is 11.5 Å². The van der Waals surface area contributed by atoms with Gasteiger partial charge in [-0.3, -0.25) is 4.79 Å². The first-order valence-electron chi connectivity index (χ1n) is 9.01. The quantitative estimate of drug-likeness (QED) is 0.451. The predicted octanol–water partition coefficient (Wildman–Crippen LogP) is 0.965. The number of nitrogen functional groups attached to an aromatic ring is 2. The zero-order chi connectivity index (χ0) is 20.4. The fourth-order valence-electron chi connectivity index (χ4n) is 3.31. The van der Waals surface area contributed by atoms with E-state index in [1.54, 1.807) is 0 Å². The summed E-state index contributed by atoms with van der Waals surface area (Å²) in [5, 5.41) is 2.80. The van der Waals surface area contributed by atoms with Crippen molar-refractivity contribution in [3.05, 3.63) is 40.4 Å². The molecule has 0 saturated heterocycles. The van der Waals surface area contributed by atoms with Crippen LogP contribution in [0.25, 0.3) is 11.0 Å². The number of fused-ring (bicyclic) bond motifs is 1. The Kier molecular flexibility index (Phi) is 5.66. The molecular weight excluding hydrogens is 380 g/mol. The highest BCUT2D eigenvalue weighted by Gasteiger charge is 2.25. The van der Waals surface area contributed by atoms with E-state index in [-0.39, 0.29) is 29.0 Å². The number of hydrogen-bond donors (Lipinski definition) is 4. The van der Waals surface area contributed by atoms with Gasteiger partial charge in [-0.1, -0.05) is 17.7 Å². The van der Waals surface area contributed by atoms with Crippen molar-refractivity contribution in [1.29, 1.82) is 0 Å². The molecule has 2 heterocycles. The second-order valence-electron chi connectivity index (χ2n) is 6.25. The summed E-state index contributed by atoms with van der Waals surface area (Å²) in [6, 6.07) is 6.16. The molecule has 1 aromatic carbocycles. The van der Waals surface area contributed by atoms with Gasteiger partial charge in [0, 0.05) is 6.54 Å². The van der Waals surface area contributed by atoms with Crippen molar-refractivity contribution < 1.29 is 9.36 Å². The molecule has 10 heteroatoms. The molecule has 7 N–H and O–H groups in total. The molecule has 3 rings (SSSR count). The number of hydrogen-bond acceptors (Lipinski definition) is 6. The Balaban J connectivity index is 1.96. The molecule has 0 radical (unpaired) electrons. The van der Waals surface area contributed by atoms with Gasteiger partial charge in [0.2, 0.25) is 0 Å². The summed E-state index contributed by atoms with van der Waals surface area (Å²) in [5.41, 5.74) is 20.3. The second-order valence-corrected chi connectivity index (χ2v) is 6.61. The van der Waals surface area contributed by atoms with Crippen LogP contribution in [0.3, 0.4) is 0 Å². The monoisotopic (exact) mass is 403 g/mol. The van der Waals surface area contributed by atoms with Gasteiger partial charge < -0.3 is 22.5 Å². The van der Waals surface area contributed by atoms with Gasteiger partial charge in [0.15, 0.2) is 33.5 Å². The summed E-state index contributed by atoms with van der Waals surface area (Å²) in [5.74, 6) is 0.411. The summed E-state index contributed by atoms with van der Waals surface area (Å²) in [6.45, 7) is 6.38. The maximum Gasteiger partial charge on any atom is 0.277 e. The van der Waals surface area contributed by atoms with E-state index in [1.165, 1.54) is 0 Å². The van der Waals surface area contributed by atoms with Crippen molar-refractivity contribution in [3.63, 3.8) is 0 Å². The summed E-state index contributed by atoms with van der Waals surface area (Å²) in [4.78, 5) is 20.4. The van der Waals surface area contributed by atoms with Gasteiger partial charge in [0.05, 0.1) is 13.1 Å². The van der Waals surface area contributed by atoms with Gasteiger partial charge in [-0.25, -0.2) is 19.1 Å². The smallest absolute Gasteiger partial charge is 0.277 e. The first-order chi connectivity index (χ1) is 13.4. The maximum absolute atomic E-state index is 12.6. The highest BCUT2D eigenvalue weighted by Crippen LogP contribution is 2.19. The molecule has 0 unspecified atom stereocenters. The van der Waals surface area contributed by atoms with E-state index < -0.39 is 5.91 Å². The molecule has 9 nitrogen and oxygen atoms in total. The lowest BCUT2D eigenvalue weighted by Gasteiger charge is -2.08. The molecule has 1 amide bonds. The number of amides is 1. The number of imidazole rings is 1. The molecule has 0 atom stereocenters. The van der Waals surface area contributed by atoms with Crippen molar-refractivity contribution in [2.45, 2.75) is 40.0 Å². The zero-order valence-electron chi connectivity index (χ0n) is 15.9. The second kappa shape index (κ2) is 7.99. The molecule has 28 heavy (non-hydrogen) atoms. The highest BCUT2D eigenvalue weighted by molar-refractivity contribution is 6.31. The normalized spacial score (nSPS) is 11.1. The van der Waals surface area contributed by atoms with Gasteiger partial charge in [0.25, 0.3) is 11.7 Å². The van der Waals surface area contributed by atoms with Gasteiger partial charge in [0.1, 0.15) is 6.54 Å². The molecule has 0 aliphatic heterocycles. The number of halogens is 1. The highest BCUT2D eigenvalue weighted by atomic mass is 35.5. The van der Waals surface area contributed by atoms with E-state index in [0.29, 0.717) is 6.54 Å². The first kappa shape index (κ1) is 19.8. The number of carbonyl (C=O) groups is 1. The first-order valence-corrected chi connectivity index (χ1v) is 9.39. The number of rotatable bonds is 6. The van der Waals surface area contributed by atoms with E-state index in [0.717, 1.165) is 35.5 Å². The number of aryl methyl sites for hydroxylation is 2. The van der Waals surface area contributed by atoms with Gasteiger partial charge in [-0.2, -0.15) is 0 Å². The fraction of sp³-hybridized carbons (Fsp3) is 0.333. The Labute approximate surface area is 167 Å². The van der Waals surface area contributed by atoms with E-state index in [9.17, 15) is 4.79 Å². The third-order valence-corrected chi connectivity index (χ3v) is 4.92. The van der Waals surface area contributed by atoms with Crippen molar-refractivity contribution in [2.24, 2.45) is 5.73 Å². The van der Waals surface area contributed by atoms with Crippen LogP contribution in [0, 0.1) is 0 Å². The Morgan fingerprint density at radius 2 is 2.00 bits per heavy atom. The van der Waals surface area contributed by atoms with Gasteiger partial charge in [-0.05, 0) is 31.5 Å². The molecule has 0 bridgehead atoms. The topological polar surface area (TPSA) is 142 Å². The standard InChI is InChI=1S/C18H23ClN8O/c1-3-26-11-6-5-10(8-20)7-12(11)27(4-2)13(26)9-23-18(28)14-16(21)25-17(22)15(19)24-14/h5-7H,3-4,8-9,20H2,1-2H3,(H4-,21,22,23,25,28)/p+1. The number of carbonyl (C=O) groups excluding carboxylic acids is 1. The molecule has 0 saturated carbocycles. The number of nitrogens with zero attached hydrogens (tertiary/aromatic N) is 4. The molecule has 0 aliphatic rings. The third-order valence-electron chi connectivity index (χ3n) is 4.64. The van der Waals surface area contributed by atoms with Crippen LogP contribution in [0.2, 0.25) is 5.15 Å². The van der Waals surface area contributed by atoms with Crippen LogP contribution in [0.5, 0.6) is 0 Å². The summed E-state index contributed by atoms with van der Waals surface area (Å²) >= 11 is 5.87. The molecule has 0 aliphatic carbocycles. The molecule has 0 spiro atoms. The van der Waals surface area contributed by atoms with Gasteiger partial charge in [-0.15, -0.1) is 0 Å². The van der Waals surface area contributed by atoms with Crippen LogP contribution >= 0.6 is 11.6 Å². The van der Waals surface area contributed by atoms with Crippen LogP contribution in [-0.2, 0) is 26.2 Å². The van der Waals surface area contributed by atoms with Crippen LogP contribution in [0.15, 0.2) is 18.2 Å². The van der Waals surface area contributed by atoms with Crippen LogP contribution < -0.4 is 27.1 Å². The van der Waals surface area contributed by atoms with Crippen molar-refractivity contribution >= 4 is 40.2 Å². The van der Waals surface area contributed by atoms with E-state index in [1.807, 2.05) is 6.07 Å². The van der Waals surface area contributed by atoms with E-state index >= 15 is 0 Å². The Bertz CT molecular complexity index is 1050. The molecule has 0 fully saturated rings. The number of nitrogens with one attached hydrogen (secondary N) is 1. The number of anilines is 2. The minimum absolute atomic E-state index is 0.0126. The van der Waals surface area contributed by atoms with E-state index in [4.69, 9.17) is 28.8 Å². The number of nitrogens with two attached hydrogens (primary N) is 3. The predicted molar refractivity (Wildman–Crippen MR) is 108 cm³/mol. The molecule has 2 aromatic heterocycles. The van der Waals surface area contributed by atoms with Crippen molar-refractivity contribution in [3.8, 4) is 0 Å². The van der Waals surface area contributed by atoms with E-state index in [2.05, 4.69) is 50.4 Å². The van der Waals surface area contributed by atoms with Crippen LogP contribution in [0.4, 0.5) is 11.6 Å². The molecule has 148 valence electrons. The van der Waals surface area contributed by atoms with Crippen LogP contribution in [0.1, 0.15) is 35.7 Å². The van der Waals surface area contributed by atoms with Crippen molar-refractivity contribution in [1.82, 2.24) is 19.9 Å². The SMILES string of the molecule is CCn1c(CNC(=O)c2nc(Cl)c(N)nc2N)[n+](CC)c2ccc(CN)cc21. The number of aromatic nitrogens is 4. The van der Waals surface area contributed by atoms with Gasteiger partial charge >= 0.3 is 0 Å². The lowest BCUT2D eigenvalue weighted by Crippen LogP contribution is -2.40. The Morgan fingerprint density at radius 3 is 2.64 bits per heavy atom. The minimum Gasteiger partial charge on any atom is -0.382 e. The summed E-state index contributed by atoms with van der Waals surface area (Å²) < 4.78 is 4.31. The lowest BCUT2D eigenvalue weighted by atomic mass is 10.2. The lowest BCUT2D eigenvalue weighted by molar-refractivity contribution is -0.676. The largest absolute Gasteiger partial charge is 0.382 e. The maximum atomic E-state index is 12.6.